The van der Waals surface area contributed by atoms with Crippen LogP contribution in [0, 0.1) is 12.7 Å². The Morgan fingerprint density at radius 1 is 1.30 bits per heavy atom. The summed E-state index contributed by atoms with van der Waals surface area (Å²) in [7, 11) is 1.56. The molecule has 20 heavy (non-hydrogen) atoms. The van der Waals surface area contributed by atoms with Crippen LogP contribution in [0.5, 0.6) is 0 Å². The molecule has 1 N–H and O–H groups in total. The molecule has 1 heterocycles. The SMILES string of the molecule is CNCc1sc(-c2ccc(C)c(F)c2)nc1C(F)(F)F. The van der Waals surface area contributed by atoms with Crippen molar-refractivity contribution in [2.75, 3.05) is 7.05 Å². The van der Waals surface area contributed by atoms with E-state index in [9.17, 15) is 17.6 Å². The van der Waals surface area contributed by atoms with Crippen LogP contribution in [0.4, 0.5) is 17.6 Å². The van der Waals surface area contributed by atoms with Crippen LogP contribution in [0.2, 0.25) is 0 Å². The fourth-order valence-corrected chi connectivity index (χ4v) is 2.79. The Balaban J connectivity index is 2.49. The fourth-order valence-electron chi connectivity index (χ4n) is 1.70. The van der Waals surface area contributed by atoms with Crippen LogP contribution in [-0.2, 0) is 12.7 Å². The maximum absolute atomic E-state index is 13.5. The molecule has 1 aromatic carbocycles. The second kappa shape index (κ2) is 5.49. The molecule has 0 radical (unpaired) electrons. The highest BCUT2D eigenvalue weighted by Crippen LogP contribution is 2.37. The summed E-state index contributed by atoms with van der Waals surface area (Å²) in [5.74, 6) is -0.457. The predicted molar refractivity (Wildman–Crippen MR) is 70.0 cm³/mol. The molecule has 0 spiro atoms. The van der Waals surface area contributed by atoms with Gasteiger partial charge in [-0.25, -0.2) is 9.37 Å². The molecular formula is C13H12F4N2S. The maximum Gasteiger partial charge on any atom is 0.434 e. The van der Waals surface area contributed by atoms with Gasteiger partial charge in [0.2, 0.25) is 0 Å². The van der Waals surface area contributed by atoms with Crippen molar-refractivity contribution in [1.29, 1.82) is 0 Å². The van der Waals surface area contributed by atoms with Crippen molar-refractivity contribution in [3.8, 4) is 10.6 Å². The highest BCUT2D eigenvalue weighted by atomic mass is 32.1. The van der Waals surface area contributed by atoms with E-state index in [2.05, 4.69) is 10.3 Å². The summed E-state index contributed by atoms with van der Waals surface area (Å²) < 4.78 is 52.2. The van der Waals surface area contributed by atoms with E-state index in [-0.39, 0.29) is 16.4 Å². The Bertz CT molecular complexity index is 619. The van der Waals surface area contributed by atoms with E-state index < -0.39 is 17.7 Å². The summed E-state index contributed by atoms with van der Waals surface area (Å²) in [6.07, 6.45) is -4.51. The quantitative estimate of drug-likeness (QED) is 0.867. The molecule has 0 amide bonds. The predicted octanol–water partition coefficient (Wildman–Crippen LogP) is 4.00. The second-order valence-electron chi connectivity index (χ2n) is 4.28. The van der Waals surface area contributed by atoms with Crippen LogP contribution < -0.4 is 5.32 Å². The average molecular weight is 304 g/mol. The van der Waals surface area contributed by atoms with Gasteiger partial charge in [-0.2, -0.15) is 13.2 Å². The zero-order valence-corrected chi connectivity index (χ0v) is 11.6. The Morgan fingerprint density at radius 2 is 2.00 bits per heavy atom. The number of aryl methyl sites for hydroxylation is 1. The van der Waals surface area contributed by atoms with E-state index in [0.717, 1.165) is 11.3 Å². The maximum atomic E-state index is 13.5. The highest BCUT2D eigenvalue weighted by Gasteiger charge is 2.37. The number of nitrogens with zero attached hydrogens (tertiary/aromatic N) is 1. The second-order valence-corrected chi connectivity index (χ2v) is 5.37. The molecular weight excluding hydrogens is 292 g/mol. The Kier molecular flexibility index (Phi) is 4.10. The summed E-state index contributed by atoms with van der Waals surface area (Å²) in [4.78, 5) is 3.72. The number of hydrogen-bond donors (Lipinski definition) is 1. The van der Waals surface area contributed by atoms with Crippen LogP contribution in [0.25, 0.3) is 10.6 Å². The van der Waals surface area contributed by atoms with Crippen LogP contribution in [-0.4, -0.2) is 12.0 Å². The van der Waals surface area contributed by atoms with Gasteiger partial charge >= 0.3 is 6.18 Å². The van der Waals surface area contributed by atoms with Crippen molar-refractivity contribution in [3.05, 3.63) is 40.2 Å². The van der Waals surface area contributed by atoms with Crippen molar-refractivity contribution < 1.29 is 17.6 Å². The molecule has 0 saturated heterocycles. The highest BCUT2D eigenvalue weighted by molar-refractivity contribution is 7.15. The van der Waals surface area contributed by atoms with Gasteiger partial charge in [0.05, 0.1) is 4.88 Å². The first-order valence-corrected chi connectivity index (χ1v) is 6.62. The molecule has 0 aliphatic carbocycles. The van der Waals surface area contributed by atoms with Gasteiger partial charge in [0, 0.05) is 12.1 Å². The third kappa shape index (κ3) is 2.99. The normalized spacial score (nSPS) is 11.9. The molecule has 2 aromatic rings. The Hall–Kier alpha value is -1.47. The lowest BCUT2D eigenvalue weighted by molar-refractivity contribution is -0.141. The van der Waals surface area contributed by atoms with Gasteiger partial charge in [0.1, 0.15) is 10.8 Å². The topological polar surface area (TPSA) is 24.9 Å². The van der Waals surface area contributed by atoms with Gasteiger partial charge in [0.25, 0.3) is 0 Å². The van der Waals surface area contributed by atoms with Crippen LogP contribution in [0.3, 0.4) is 0 Å². The molecule has 2 nitrogen and oxygen atoms in total. The lowest BCUT2D eigenvalue weighted by Crippen LogP contribution is -2.12. The van der Waals surface area contributed by atoms with E-state index in [1.54, 1.807) is 20.0 Å². The standard InChI is InChI=1S/C13H12F4N2S/c1-7-3-4-8(5-9(7)14)12-19-11(13(15,16)17)10(20-12)6-18-2/h3-5,18H,6H2,1-2H3. The molecule has 0 bridgehead atoms. The van der Waals surface area contributed by atoms with Crippen molar-refractivity contribution in [2.24, 2.45) is 0 Å². The van der Waals surface area contributed by atoms with Crippen molar-refractivity contribution in [1.82, 2.24) is 10.3 Å². The first-order chi connectivity index (χ1) is 9.32. The summed E-state index contributed by atoms with van der Waals surface area (Å²) in [6.45, 7) is 1.66. The molecule has 1 aromatic heterocycles. The van der Waals surface area contributed by atoms with Gasteiger partial charge in [-0.3, -0.25) is 0 Å². The molecule has 7 heteroatoms. The van der Waals surface area contributed by atoms with Crippen LogP contribution in [0.1, 0.15) is 16.1 Å². The Morgan fingerprint density at radius 3 is 2.55 bits per heavy atom. The van der Waals surface area contributed by atoms with E-state index in [0.29, 0.717) is 11.1 Å². The minimum absolute atomic E-state index is 0.0703. The smallest absolute Gasteiger partial charge is 0.315 e. The largest absolute Gasteiger partial charge is 0.434 e. The molecule has 108 valence electrons. The zero-order chi connectivity index (χ0) is 14.9. The number of thiazole rings is 1. The van der Waals surface area contributed by atoms with Gasteiger partial charge in [-0.1, -0.05) is 12.1 Å². The van der Waals surface area contributed by atoms with Crippen molar-refractivity contribution in [2.45, 2.75) is 19.6 Å². The zero-order valence-electron chi connectivity index (χ0n) is 10.8. The Labute approximate surface area is 117 Å². The van der Waals surface area contributed by atoms with Gasteiger partial charge in [-0.15, -0.1) is 11.3 Å². The number of hydrogen-bond acceptors (Lipinski definition) is 3. The monoisotopic (exact) mass is 304 g/mol. The minimum atomic E-state index is -4.51. The summed E-state index contributed by atoms with van der Waals surface area (Å²) in [6, 6.07) is 4.30. The van der Waals surface area contributed by atoms with Crippen LogP contribution >= 0.6 is 11.3 Å². The van der Waals surface area contributed by atoms with Crippen molar-refractivity contribution in [3.63, 3.8) is 0 Å². The van der Waals surface area contributed by atoms with E-state index in [1.165, 1.54) is 12.1 Å². The van der Waals surface area contributed by atoms with Gasteiger partial charge < -0.3 is 5.32 Å². The molecule has 2 rings (SSSR count). The van der Waals surface area contributed by atoms with Gasteiger partial charge in [-0.05, 0) is 25.6 Å². The first-order valence-electron chi connectivity index (χ1n) is 5.81. The van der Waals surface area contributed by atoms with E-state index in [4.69, 9.17) is 0 Å². The molecule has 0 fully saturated rings. The fraction of sp³-hybridized carbons (Fsp3) is 0.308. The number of alkyl halides is 3. The minimum Gasteiger partial charge on any atom is -0.315 e. The molecule has 0 unspecified atom stereocenters. The molecule has 0 atom stereocenters. The summed E-state index contributed by atoms with van der Waals surface area (Å²) >= 11 is 0.918. The molecule has 0 aliphatic rings. The van der Waals surface area contributed by atoms with Gasteiger partial charge in [0.15, 0.2) is 5.69 Å². The molecule has 0 saturated carbocycles. The number of aromatic nitrogens is 1. The lowest BCUT2D eigenvalue weighted by Gasteiger charge is -2.04. The number of benzene rings is 1. The summed E-state index contributed by atoms with van der Waals surface area (Å²) in [5.41, 5.74) is -0.115. The number of rotatable bonds is 3. The number of nitrogens with one attached hydrogen (secondary N) is 1. The lowest BCUT2D eigenvalue weighted by atomic mass is 10.1. The third-order valence-corrected chi connectivity index (χ3v) is 3.83. The van der Waals surface area contributed by atoms with Crippen molar-refractivity contribution >= 4 is 11.3 Å². The summed E-state index contributed by atoms with van der Waals surface area (Å²) in [5, 5.41) is 2.85. The van der Waals surface area contributed by atoms with E-state index in [1.807, 2.05) is 0 Å². The van der Waals surface area contributed by atoms with Crippen LogP contribution in [0.15, 0.2) is 18.2 Å². The van der Waals surface area contributed by atoms with E-state index >= 15 is 0 Å². The average Bonchev–Trinajstić information content (AvgIpc) is 2.77. The first kappa shape index (κ1) is 14.9. The molecule has 0 aliphatic heterocycles. The third-order valence-electron chi connectivity index (χ3n) is 2.72. The number of halogens is 4.